The molecule has 1 aromatic carbocycles. The SMILES string of the molecule is C=CCc1c(-c2ccc(Cl)cc2)nsc1C(F)(F)F. The molecule has 0 amide bonds. The van der Waals surface area contributed by atoms with Crippen LogP contribution in [0.1, 0.15) is 10.4 Å². The Balaban J connectivity index is 2.54. The maximum atomic E-state index is 12.9. The van der Waals surface area contributed by atoms with Crippen molar-refractivity contribution in [3.05, 3.63) is 52.4 Å². The highest BCUT2D eigenvalue weighted by atomic mass is 35.5. The molecule has 0 radical (unpaired) electrons. The molecule has 2 aromatic rings. The van der Waals surface area contributed by atoms with E-state index in [0.717, 1.165) is 0 Å². The summed E-state index contributed by atoms with van der Waals surface area (Å²) in [5, 5.41) is 0.528. The molecule has 0 saturated carbocycles. The van der Waals surface area contributed by atoms with Crippen LogP contribution in [-0.4, -0.2) is 4.37 Å². The molecule has 0 aliphatic carbocycles. The van der Waals surface area contributed by atoms with Crippen molar-refractivity contribution in [1.82, 2.24) is 4.37 Å². The van der Waals surface area contributed by atoms with Crippen LogP contribution in [-0.2, 0) is 12.6 Å². The summed E-state index contributed by atoms with van der Waals surface area (Å²) in [6.07, 6.45) is -2.82. The summed E-state index contributed by atoms with van der Waals surface area (Å²) in [5.74, 6) is 0. The van der Waals surface area contributed by atoms with Gasteiger partial charge in [-0.25, -0.2) is 0 Å². The molecule has 100 valence electrons. The normalized spacial score (nSPS) is 11.6. The lowest BCUT2D eigenvalue weighted by Crippen LogP contribution is -2.05. The second-order valence-corrected chi connectivity index (χ2v) is 5.05. The maximum absolute atomic E-state index is 12.9. The highest BCUT2D eigenvalue weighted by Crippen LogP contribution is 2.40. The molecule has 0 spiro atoms. The average Bonchev–Trinajstić information content (AvgIpc) is 2.74. The van der Waals surface area contributed by atoms with Gasteiger partial charge in [-0.05, 0) is 30.1 Å². The van der Waals surface area contributed by atoms with Crippen molar-refractivity contribution in [3.8, 4) is 11.3 Å². The fourth-order valence-corrected chi connectivity index (χ4v) is 2.62. The van der Waals surface area contributed by atoms with Gasteiger partial charge in [-0.2, -0.15) is 17.5 Å². The van der Waals surface area contributed by atoms with E-state index < -0.39 is 11.1 Å². The fourth-order valence-electron chi connectivity index (χ4n) is 1.70. The maximum Gasteiger partial charge on any atom is 0.427 e. The molecule has 6 heteroatoms. The van der Waals surface area contributed by atoms with Gasteiger partial charge in [-0.1, -0.05) is 29.8 Å². The fraction of sp³-hybridized carbons (Fsp3) is 0.154. The molecule has 0 N–H and O–H groups in total. The highest BCUT2D eigenvalue weighted by Gasteiger charge is 2.37. The topological polar surface area (TPSA) is 12.9 Å². The van der Waals surface area contributed by atoms with E-state index in [9.17, 15) is 13.2 Å². The molecule has 0 atom stereocenters. The minimum Gasteiger partial charge on any atom is -0.192 e. The van der Waals surface area contributed by atoms with Gasteiger partial charge in [0, 0.05) is 16.1 Å². The van der Waals surface area contributed by atoms with Crippen molar-refractivity contribution < 1.29 is 13.2 Å². The summed E-state index contributed by atoms with van der Waals surface area (Å²) in [6, 6.07) is 6.57. The Morgan fingerprint density at radius 3 is 2.42 bits per heavy atom. The highest BCUT2D eigenvalue weighted by molar-refractivity contribution is 7.06. The number of aromatic nitrogens is 1. The van der Waals surface area contributed by atoms with Crippen LogP contribution in [0.5, 0.6) is 0 Å². The Morgan fingerprint density at radius 1 is 1.26 bits per heavy atom. The van der Waals surface area contributed by atoms with Gasteiger partial charge in [0.15, 0.2) is 0 Å². The lowest BCUT2D eigenvalue weighted by Gasteiger charge is -2.07. The smallest absolute Gasteiger partial charge is 0.192 e. The number of alkyl halides is 3. The monoisotopic (exact) mass is 303 g/mol. The molecule has 0 fully saturated rings. The van der Waals surface area contributed by atoms with Gasteiger partial charge in [-0.15, -0.1) is 6.58 Å². The van der Waals surface area contributed by atoms with Gasteiger partial charge < -0.3 is 0 Å². The van der Waals surface area contributed by atoms with E-state index in [4.69, 9.17) is 11.6 Å². The molecule has 0 aliphatic rings. The number of hydrogen-bond acceptors (Lipinski definition) is 2. The summed E-state index contributed by atoms with van der Waals surface area (Å²) in [5.41, 5.74) is 1.12. The number of nitrogens with zero attached hydrogens (tertiary/aromatic N) is 1. The van der Waals surface area contributed by atoms with Crippen molar-refractivity contribution >= 4 is 23.1 Å². The van der Waals surface area contributed by atoms with E-state index in [1.165, 1.54) is 6.08 Å². The minimum atomic E-state index is -4.39. The van der Waals surface area contributed by atoms with Crippen LogP contribution >= 0.6 is 23.1 Å². The summed E-state index contributed by atoms with van der Waals surface area (Å²) in [7, 11) is 0. The van der Waals surface area contributed by atoms with Gasteiger partial charge in [-0.3, -0.25) is 0 Å². The standard InChI is InChI=1S/C13H9ClF3NS/c1-2-3-10-11(8-4-6-9(14)7-5-8)18-19-12(10)13(15,16)17/h2,4-7H,1,3H2. The number of allylic oxidation sites excluding steroid dienone is 1. The number of benzene rings is 1. The first-order valence-electron chi connectivity index (χ1n) is 5.36. The van der Waals surface area contributed by atoms with E-state index >= 15 is 0 Å². The quantitative estimate of drug-likeness (QED) is 0.709. The van der Waals surface area contributed by atoms with Gasteiger partial charge in [0.2, 0.25) is 0 Å². The molecule has 0 saturated heterocycles. The van der Waals surface area contributed by atoms with Crippen LogP contribution in [0.3, 0.4) is 0 Å². The van der Waals surface area contributed by atoms with Crippen LogP contribution in [0, 0.1) is 0 Å². The second kappa shape index (κ2) is 5.35. The van der Waals surface area contributed by atoms with Crippen LogP contribution in [0.4, 0.5) is 13.2 Å². The molecular weight excluding hydrogens is 295 g/mol. The van der Waals surface area contributed by atoms with Crippen molar-refractivity contribution in [2.45, 2.75) is 12.6 Å². The molecule has 0 aliphatic heterocycles. The van der Waals surface area contributed by atoms with Crippen LogP contribution in [0.2, 0.25) is 5.02 Å². The van der Waals surface area contributed by atoms with Crippen LogP contribution < -0.4 is 0 Å². The molecule has 0 unspecified atom stereocenters. The average molecular weight is 304 g/mol. The zero-order chi connectivity index (χ0) is 14.0. The Hall–Kier alpha value is -1.33. The summed E-state index contributed by atoms with van der Waals surface area (Å²) in [6.45, 7) is 3.50. The van der Waals surface area contributed by atoms with E-state index in [2.05, 4.69) is 11.0 Å². The first-order valence-corrected chi connectivity index (χ1v) is 6.51. The minimum absolute atomic E-state index is 0.128. The number of rotatable bonds is 3. The zero-order valence-corrected chi connectivity index (χ0v) is 11.2. The molecule has 2 rings (SSSR count). The van der Waals surface area contributed by atoms with Gasteiger partial charge in [0.25, 0.3) is 0 Å². The summed E-state index contributed by atoms with van der Waals surface area (Å²) >= 11 is 6.23. The molecule has 19 heavy (non-hydrogen) atoms. The molecular formula is C13H9ClF3NS. The number of halogens is 4. The number of hydrogen-bond donors (Lipinski definition) is 0. The Labute approximate surface area is 117 Å². The predicted octanol–water partition coefficient (Wildman–Crippen LogP) is 5.21. The van der Waals surface area contributed by atoms with Crippen molar-refractivity contribution in [2.75, 3.05) is 0 Å². The van der Waals surface area contributed by atoms with Gasteiger partial charge in [0.05, 0.1) is 5.69 Å². The largest absolute Gasteiger partial charge is 0.427 e. The third kappa shape index (κ3) is 2.98. The molecule has 1 nitrogen and oxygen atoms in total. The van der Waals surface area contributed by atoms with Gasteiger partial charge >= 0.3 is 6.18 Å². The van der Waals surface area contributed by atoms with Crippen molar-refractivity contribution in [1.29, 1.82) is 0 Å². The Kier molecular flexibility index (Phi) is 3.96. The summed E-state index contributed by atoms with van der Waals surface area (Å²) in [4.78, 5) is -0.669. The molecule has 1 heterocycles. The summed E-state index contributed by atoms with van der Waals surface area (Å²) < 4.78 is 42.6. The van der Waals surface area contributed by atoms with Crippen LogP contribution in [0.15, 0.2) is 36.9 Å². The van der Waals surface area contributed by atoms with Gasteiger partial charge in [0.1, 0.15) is 4.88 Å². The lowest BCUT2D eigenvalue weighted by molar-refractivity contribution is -0.134. The Bertz CT molecular complexity index is 587. The molecule has 0 bridgehead atoms. The van der Waals surface area contributed by atoms with E-state index in [-0.39, 0.29) is 12.0 Å². The van der Waals surface area contributed by atoms with Crippen molar-refractivity contribution in [2.24, 2.45) is 0 Å². The first-order chi connectivity index (χ1) is 8.93. The molecule has 1 aromatic heterocycles. The van der Waals surface area contributed by atoms with Crippen molar-refractivity contribution in [3.63, 3.8) is 0 Å². The third-order valence-corrected chi connectivity index (χ3v) is 3.70. The second-order valence-electron chi connectivity index (χ2n) is 3.84. The predicted molar refractivity (Wildman–Crippen MR) is 71.5 cm³/mol. The third-order valence-electron chi connectivity index (χ3n) is 2.51. The van der Waals surface area contributed by atoms with Crippen LogP contribution in [0.25, 0.3) is 11.3 Å². The zero-order valence-electron chi connectivity index (χ0n) is 9.67. The van der Waals surface area contributed by atoms with E-state index in [1.54, 1.807) is 24.3 Å². The lowest BCUT2D eigenvalue weighted by atomic mass is 10.0. The first kappa shape index (κ1) is 14.1. The van der Waals surface area contributed by atoms with E-state index in [1.807, 2.05) is 0 Å². The Morgan fingerprint density at radius 2 is 1.89 bits per heavy atom. The van der Waals surface area contributed by atoms with E-state index in [0.29, 0.717) is 27.8 Å².